The van der Waals surface area contributed by atoms with E-state index in [-0.39, 0.29) is 27.9 Å². The van der Waals surface area contributed by atoms with Crippen molar-refractivity contribution in [3.05, 3.63) is 64.2 Å². The number of non-ortho nitro benzene ring substituents is 1. The number of amides is 1. The third-order valence-electron chi connectivity index (χ3n) is 4.17. The molecule has 2 aromatic carbocycles. The number of nitro groups is 1. The van der Waals surface area contributed by atoms with Gasteiger partial charge in [-0.2, -0.15) is 4.31 Å². The monoisotopic (exact) mass is 375 g/mol. The van der Waals surface area contributed by atoms with E-state index in [1.54, 1.807) is 7.05 Å². The molecule has 0 spiro atoms. The SMILES string of the molecule is CN(C1CC1)S(=O)(=O)c1ccc(C(=O)Nc2cccc([N+](=O)[O-])c2)cc1. The lowest BCUT2D eigenvalue weighted by molar-refractivity contribution is -0.384. The third kappa shape index (κ3) is 3.73. The summed E-state index contributed by atoms with van der Waals surface area (Å²) in [4.78, 5) is 22.6. The predicted molar refractivity (Wildman–Crippen MR) is 95.5 cm³/mol. The molecule has 1 fully saturated rings. The van der Waals surface area contributed by atoms with Crippen molar-refractivity contribution >= 4 is 27.3 Å². The van der Waals surface area contributed by atoms with Crippen LogP contribution in [-0.4, -0.2) is 36.6 Å². The van der Waals surface area contributed by atoms with E-state index in [0.29, 0.717) is 0 Å². The second-order valence-electron chi connectivity index (χ2n) is 6.04. The normalized spacial score (nSPS) is 14.2. The number of nitrogens with one attached hydrogen (secondary N) is 1. The zero-order chi connectivity index (χ0) is 18.9. The average Bonchev–Trinajstić information content (AvgIpc) is 3.46. The highest BCUT2D eigenvalue weighted by Crippen LogP contribution is 2.30. The van der Waals surface area contributed by atoms with E-state index >= 15 is 0 Å². The van der Waals surface area contributed by atoms with Gasteiger partial charge in [-0.3, -0.25) is 14.9 Å². The summed E-state index contributed by atoms with van der Waals surface area (Å²) >= 11 is 0. The van der Waals surface area contributed by atoms with Crippen LogP contribution in [0, 0.1) is 10.1 Å². The first-order chi connectivity index (χ1) is 12.3. The molecule has 1 aliphatic carbocycles. The van der Waals surface area contributed by atoms with Gasteiger partial charge in [-0.15, -0.1) is 0 Å². The number of hydrogen-bond donors (Lipinski definition) is 1. The molecule has 1 saturated carbocycles. The number of sulfonamides is 1. The minimum absolute atomic E-state index is 0.0526. The number of anilines is 1. The maximum atomic E-state index is 12.4. The number of nitrogens with zero attached hydrogens (tertiary/aromatic N) is 2. The van der Waals surface area contributed by atoms with E-state index in [9.17, 15) is 23.3 Å². The van der Waals surface area contributed by atoms with Crippen molar-refractivity contribution < 1.29 is 18.1 Å². The number of nitro benzene ring substituents is 1. The zero-order valence-corrected chi connectivity index (χ0v) is 14.8. The average molecular weight is 375 g/mol. The lowest BCUT2D eigenvalue weighted by atomic mass is 10.2. The van der Waals surface area contributed by atoms with Crippen molar-refractivity contribution in [2.24, 2.45) is 0 Å². The van der Waals surface area contributed by atoms with Gasteiger partial charge in [0.15, 0.2) is 0 Å². The Labute approximate surface area is 150 Å². The molecule has 136 valence electrons. The van der Waals surface area contributed by atoms with Gasteiger partial charge >= 0.3 is 0 Å². The van der Waals surface area contributed by atoms with Gasteiger partial charge in [0.2, 0.25) is 10.0 Å². The van der Waals surface area contributed by atoms with Crippen LogP contribution in [0.2, 0.25) is 0 Å². The van der Waals surface area contributed by atoms with Gasteiger partial charge < -0.3 is 5.32 Å². The van der Waals surface area contributed by atoms with Crippen LogP contribution in [-0.2, 0) is 10.0 Å². The summed E-state index contributed by atoms with van der Waals surface area (Å²) in [6.45, 7) is 0. The number of benzene rings is 2. The molecule has 0 bridgehead atoms. The van der Waals surface area contributed by atoms with Gasteiger partial charge in [-0.05, 0) is 43.2 Å². The lowest BCUT2D eigenvalue weighted by Crippen LogP contribution is -2.29. The smallest absolute Gasteiger partial charge is 0.271 e. The lowest BCUT2D eigenvalue weighted by Gasteiger charge is -2.16. The van der Waals surface area contributed by atoms with Crippen LogP contribution < -0.4 is 5.32 Å². The molecule has 3 rings (SSSR count). The van der Waals surface area contributed by atoms with E-state index in [0.717, 1.165) is 12.8 Å². The minimum Gasteiger partial charge on any atom is -0.322 e. The van der Waals surface area contributed by atoms with Gasteiger partial charge in [0.05, 0.1) is 9.82 Å². The van der Waals surface area contributed by atoms with Gasteiger partial charge in [0.1, 0.15) is 0 Å². The number of carbonyl (C=O) groups excluding carboxylic acids is 1. The molecule has 1 aliphatic rings. The summed E-state index contributed by atoms with van der Waals surface area (Å²) in [5.41, 5.74) is 0.409. The molecule has 0 unspecified atom stereocenters. The number of carbonyl (C=O) groups is 1. The summed E-state index contributed by atoms with van der Waals surface area (Å²) < 4.78 is 26.2. The van der Waals surface area contributed by atoms with Crippen LogP contribution in [0.1, 0.15) is 23.2 Å². The largest absolute Gasteiger partial charge is 0.322 e. The van der Waals surface area contributed by atoms with Crippen LogP contribution in [0.5, 0.6) is 0 Å². The molecular formula is C17H17N3O5S. The van der Waals surface area contributed by atoms with Crippen LogP contribution >= 0.6 is 0 Å². The Morgan fingerprint density at radius 1 is 1.19 bits per heavy atom. The molecule has 0 radical (unpaired) electrons. The maximum absolute atomic E-state index is 12.4. The Morgan fingerprint density at radius 3 is 2.42 bits per heavy atom. The highest BCUT2D eigenvalue weighted by atomic mass is 32.2. The number of rotatable bonds is 6. The summed E-state index contributed by atoms with van der Waals surface area (Å²) in [5.74, 6) is -0.481. The molecule has 2 aromatic rings. The molecular weight excluding hydrogens is 358 g/mol. The Hall–Kier alpha value is -2.78. The predicted octanol–water partition coefficient (Wildman–Crippen LogP) is 2.63. The number of hydrogen-bond acceptors (Lipinski definition) is 5. The fraction of sp³-hybridized carbons (Fsp3) is 0.235. The second-order valence-corrected chi connectivity index (χ2v) is 8.04. The van der Waals surface area contributed by atoms with E-state index < -0.39 is 20.9 Å². The van der Waals surface area contributed by atoms with Gasteiger partial charge in [-0.1, -0.05) is 6.07 Å². The third-order valence-corrected chi connectivity index (χ3v) is 6.09. The van der Waals surface area contributed by atoms with Crippen molar-refractivity contribution in [3.63, 3.8) is 0 Å². The summed E-state index contributed by atoms with van der Waals surface area (Å²) in [7, 11) is -2.01. The first-order valence-corrected chi connectivity index (χ1v) is 9.37. The fourth-order valence-electron chi connectivity index (χ4n) is 2.48. The molecule has 1 N–H and O–H groups in total. The summed E-state index contributed by atoms with van der Waals surface area (Å²) in [6, 6.07) is 11.2. The van der Waals surface area contributed by atoms with Crippen LogP contribution in [0.25, 0.3) is 0 Å². The Bertz CT molecular complexity index is 953. The topological polar surface area (TPSA) is 110 Å². The summed E-state index contributed by atoms with van der Waals surface area (Å²) in [5, 5.41) is 13.3. The molecule has 0 aromatic heterocycles. The molecule has 0 saturated heterocycles. The molecule has 0 heterocycles. The van der Waals surface area contributed by atoms with Crippen molar-refractivity contribution in [2.75, 3.05) is 12.4 Å². The van der Waals surface area contributed by atoms with E-state index in [1.807, 2.05) is 0 Å². The van der Waals surface area contributed by atoms with Crippen molar-refractivity contribution in [2.45, 2.75) is 23.8 Å². The first kappa shape index (κ1) is 18.0. The van der Waals surface area contributed by atoms with E-state index in [4.69, 9.17) is 0 Å². The fourth-order valence-corrected chi connectivity index (χ4v) is 3.90. The van der Waals surface area contributed by atoms with Crippen LogP contribution in [0.15, 0.2) is 53.4 Å². The Morgan fingerprint density at radius 2 is 1.85 bits per heavy atom. The zero-order valence-electron chi connectivity index (χ0n) is 14.0. The van der Waals surface area contributed by atoms with Crippen molar-refractivity contribution in [3.8, 4) is 0 Å². The van der Waals surface area contributed by atoms with E-state index in [2.05, 4.69) is 5.32 Å². The second kappa shape index (κ2) is 6.85. The summed E-state index contributed by atoms with van der Waals surface area (Å²) in [6.07, 6.45) is 1.72. The van der Waals surface area contributed by atoms with Crippen LogP contribution in [0.3, 0.4) is 0 Å². The van der Waals surface area contributed by atoms with Gasteiger partial charge in [0, 0.05) is 36.5 Å². The molecule has 0 aliphatic heterocycles. The molecule has 9 heteroatoms. The van der Waals surface area contributed by atoms with Gasteiger partial charge in [-0.25, -0.2) is 8.42 Å². The highest BCUT2D eigenvalue weighted by molar-refractivity contribution is 7.89. The minimum atomic E-state index is -3.57. The Balaban J connectivity index is 1.75. The molecule has 26 heavy (non-hydrogen) atoms. The molecule has 1 amide bonds. The first-order valence-electron chi connectivity index (χ1n) is 7.93. The molecule has 8 nitrogen and oxygen atoms in total. The highest BCUT2D eigenvalue weighted by Gasteiger charge is 2.34. The maximum Gasteiger partial charge on any atom is 0.271 e. The van der Waals surface area contributed by atoms with Crippen LogP contribution in [0.4, 0.5) is 11.4 Å². The quantitative estimate of drug-likeness (QED) is 0.616. The van der Waals surface area contributed by atoms with Crippen molar-refractivity contribution in [1.82, 2.24) is 4.31 Å². The standard InChI is InChI=1S/C17H17N3O5S/c1-19(14-7-8-14)26(24,25)16-9-5-12(6-10-16)17(21)18-13-3-2-4-15(11-13)20(22)23/h2-6,9-11,14H,7-8H2,1H3,(H,18,21). The van der Waals surface area contributed by atoms with Crippen molar-refractivity contribution in [1.29, 1.82) is 0 Å². The Kier molecular flexibility index (Phi) is 4.75. The van der Waals surface area contributed by atoms with Gasteiger partial charge in [0.25, 0.3) is 11.6 Å². The molecule has 0 atom stereocenters. The van der Waals surface area contributed by atoms with E-state index in [1.165, 1.54) is 52.8 Å².